The van der Waals surface area contributed by atoms with E-state index >= 15 is 0 Å². The Bertz CT molecular complexity index is 612. The highest BCUT2D eigenvalue weighted by Gasteiger charge is 2.45. The van der Waals surface area contributed by atoms with Crippen LogP contribution in [0.2, 0.25) is 0 Å². The van der Waals surface area contributed by atoms with E-state index in [0.29, 0.717) is 13.0 Å². The average molecular weight is 342 g/mol. The number of likely N-dealkylation sites (tertiary alicyclic amines) is 1. The van der Waals surface area contributed by atoms with E-state index < -0.39 is 23.8 Å². The van der Waals surface area contributed by atoms with E-state index in [1.54, 1.807) is 4.90 Å². The van der Waals surface area contributed by atoms with Crippen molar-refractivity contribution in [1.82, 2.24) is 4.90 Å². The second kappa shape index (κ2) is 7.52. The number of hydrogen-bond donors (Lipinski definition) is 0. The molecule has 0 bridgehead atoms. The normalized spacial score (nSPS) is 25.2. The van der Waals surface area contributed by atoms with Gasteiger partial charge >= 0.3 is 0 Å². The average Bonchev–Trinajstić information content (AvgIpc) is 2.51. The molecule has 1 aromatic carbocycles. The molecule has 0 amide bonds. The maximum atomic E-state index is 14.8. The first kappa shape index (κ1) is 18.7. The van der Waals surface area contributed by atoms with Crippen LogP contribution >= 0.6 is 0 Å². The van der Waals surface area contributed by atoms with Crippen molar-refractivity contribution < 1.29 is 17.6 Å². The largest absolute Gasteiger partial charge is 0.296 e. The molecule has 1 aliphatic heterocycles. The van der Waals surface area contributed by atoms with E-state index in [9.17, 15) is 17.6 Å². The van der Waals surface area contributed by atoms with E-state index in [1.807, 2.05) is 13.8 Å². The molecule has 2 atom stereocenters. The molecule has 1 heterocycles. The number of nitriles is 1. The van der Waals surface area contributed by atoms with Gasteiger partial charge in [0, 0.05) is 36.1 Å². The first-order chi connectivity index (χ1) is 11.3. The van der Waals surface area contributed by atoms with Crippen molar-refractivity contribution >= 4 is 0 Å². The number of benzene rings is 1. The molecule has 1 aliphatic rings. The molecule has 2 unspecified atom stereocenters. The van der Waals surface area contributed by atoms with Crippen LogP contribution in [0.15, 0.2) is 18.2 Å². The molecule has 0 aliphatic carbocycles. The molecular weight excluding hydrogens is 320 g/mol. The Hall–Kier alpha value is -1.61. The second-order valence-corrected chi connectivity index (χ2v) is 6.83. The second-order valence-electron chi connectivity index (χ2n) is 6.83. The Balaban J connectivity index is 2.12. The maximum Gasteiger partial charge on any atom is 0.263 e. The summed E-state index contributed by atoms with van der Waals surface area (Å²) in [6, 6.07) is 5.32. The summed E-state index contributed by atoms with van der Waals surface area (Å²) in [6.07, 6.45) is -3.22. The van der Waals surface area contributed by atoms with Crippen LogP contribution in [-0.2, 0) is 6.54 Å². The van der Waals surface area contributed by atoms with Gasteiger partial charge in [0.1, 0.15) is 12.0 Å². The van der Waals surface area contributed by atoms with Gasteiger partial charge < -0.3 is 0 Å². The smallest absolute Gasteiger partial charge is 0.263 e. The maximum absolute atomic E-state index is 14.8. The van der Waals surface area contributed by atoms with Crippen molar-refractivity contribution in [2.45, 2.75) is 45.8 Å². The number of hydrogen-bond acceptors (Lipinski definition) is 2. The molecule has 2 nitrogen and oxygen atoms in total. The molecule has 0 aromatic heterocycles. The molecule has 0 N–H and O–H groups in total. The van der Waals surface area contributed by atoms with E-state index in [0.717, 1.165) is 18.2 Å². The Morgan fingerprint density at radius 1 is 1.38 bits per heavy atom. The van der Waals surface area contributed by atoms with Crippen molar-refractivity contribution in [3.05, 3.63) is 35.1 Å². The van der Waals surface area contributed by atoms with Gasteiger partial charge in [-0.15, -0.1) is 0 Å². The third-order valence-corrected chi connectivity index (χ3v) is 5.21. The van der Waals surface area contributed by atoms with Crippen molar-refractivity contribution in [3.63, 3.8) is 0 Å². The van der Waals surface area contributed by atoms with Gasteiger partial charge in [-0.2, -0.15) is 5.26 Å². The zero-order valence-corrected chi connectivity index (χ0v) is 13.9. The molecule has 1 fully saturated rings. The number of nitrogens with zero attached hydrogens (tertiary/aromatic N) is 2. The lowest BCUT2D eigenvalue weighted by Crippen LogP contribution is -2.51. The van der Waals surface area contributed by atoms with Gasteiger partial charge in [0.2, 0.25) is 0 Å². The zero-order valence-electron chi connectivity index (χ0n) is 13.9. The lowest BCUT2D eigenvalue weighted by atomic mass is 9.67. The standard InChI is InChI=1S/C18H22F4N2/c1-12(2)18(5-7-23)6-8-24(11-16(18)20)10-14-9-13(17(21)22)3-4-15(14)19/h3-4,9,12,16-17H,5-6,8,10-11H2,1-2H3. The molecule has 0 spiro atoms. The predicted octanol–water partition coefficient (Wildman–Crippen LogP) is 4.86. The van der Waals surface area contributed by atoms with Crippen LogP contribution in [0.25, 0.3) is 0 Å². The molecule has 1 saturated heterocycles. The minimum absolute atomic E-state index is 0.0215. The van der Waals surface area contributed by atoms with Crippen LogP contribution in [-0.4, -0.2) is 24.2 Å². The SMILES string of the molecule is CC(C)C1(CC#N)CCN(Cc2cc(C(F)F)ccc2F)CC1F. The van der Waals surface area contributed by atoms with E-state index in [4.69, 9.17) is 5.26 Å². The predicted molar refractivity (Wildman–Crippen MR) is 83.6 cm³/mol. The Morgan fingerprint density at radius 3 is 2.62 bits per heavy atom. The van der Waals surface area contributed by atoms with E-state index in [1.165, 1.54) is 0 Å². The van der Waals surface area contributed by atoms with Crippen LogP contribution in [0.4, 0.5) is 17.6 Å². The summed E-state index contributed by atoms with van der Waals surface area (Å²) in [7, 11) is 0. The Labute approximate surface area is 140 Å². The van der Waals surface area contributed by atoms with Gasteiger partial charge in [0.15, 0.2) is 0 Å². The molecule has 24 heavy (non-hydrogen) atoms. The highest BCUT2D eigenvalue weighted by Crippen LogP contribution is 2.43. The van der Waals surface area contributed by atoms with Gasteiger partial charge in [-0.25, -0.2) is 17.6 Å². The first-order valence-corrected chi connectivity index (χ1v) is 8.10. The van der Waals surface area contributed by atoms with Crippen molar-refractivity contribution in [1.29, 1.82) is 5.26 Å². The van der Waals surface area contributed by atoms with E-state index in [2.05, 4.69) is 6.07 Å². The molecule has 132 valence electrons. The topological polar surface area (TPSA) is 27.0 Å². The summed E-state index contributed by atoms with van der Waals surface area (Å²) in [5.74, 6) is -0.541. The Morgan fingerprint density at radius 2 is 2.08 bits per heavy atom. The number of halogens is 4. The fraction of sp³-hybridized carbons (Fsp3) is 0.611. The first-order valence-electron chi connectivity index (χ1n) is 8.10. The monoisotopic (exact) mass is 342 g/mol. The number of rotatable bonds is 5. The quantitative estimate of drug-likeness (QED) is 0.714. The fourth-order valence-corrected chi connectivity index (χ4v) is 3.46. The third-order valence-electron chi connectivity index (χ3n) is 5.21. The minimum Gasteiger partial charge on any atom is -0.296 e. The van der Waals surface area contributed by atoms with Crippen LogP contribution in [0, 0.1) is 28.5 Å². The van der Waals surface area contributed by atoms with Crippen LogP contribution < -0.4 is 0 Å². The highest BCUT2D eigenvalue weighted by molar-refractivity contribution is 5.26. The van der Waals surface area contributed by atoms with Gasteiger partial charge in [0.05, 0.1) is 6.07 Å². The molecular formula is C18H22F4N2. The highest BCUT2D eigenvalue weighted by atomic mass is 19.3. The van der Waals surface area contributed by atoms with Gasteiger partial charge in [-0.05, 0) is 31.0 Å². The third kappa shape index (κ3) is 3.72. The van der Waals surface area contributed by atoms with Crippen LogP contribution in [0.3, 0.4) is 0 Å². The summed E-state index contributed by atoms with van der Waals surface area (Å²) in [5.41, 5.74) is -0.771. The van der Waals surface area contributed by atoms with Crippen LogP contribution in [0.1, 0.15) is 44.2 Å². The van der Waals surface area contributed by atoms with Gasteiger partial charge in [-0.1, -0.05) is 19.9 Å². The van der Waals surface area contributed by atoms with Crippen molar-refractivity contribution in [2.24, 2.45) is 11.3 Å². The lowest BCUT2D eigenvalue weighted by Gasteiger charge is -2.46. The molecule has 2 rings (SSSR count). The summed E-state index contributed by atoms with van der Waals surface area (Å²) in [4.78, 5) is 1.73. The molecule has 0 saturated carbocycles. The van der Waals surface area contributed by atoms with E-state index in [-0.39, 0.29) is 36.6 Å². The van der Waals surface area contributed by atoms with Crippen LogP contribution in [0.5, 0.6) is 0 Å². The van der Waals surface area contributed by atoms with Crippen molar-refractivity contribution in [3.8, 4) is 6.07 Å². The number of piperidine rings is 1. The summed E-state index contributed by atoms with van der Waals surface area (Å²) >= 11 is 0. The fourth-order valence-electron chi connectivity index (χ4n) is 3.46. The zero-order chi connectivity index (χ0) is 17.9. The van der Waals surface area contributed by atoms with Crippen molar-refractivity contribution in [2.75, 3.05) is 13.1 Å². The summed E-state index contributed by atoms with van der Waals surface area (Å²) < 4.78 is 54.2. The van der Waals surface area contributed by atoms with Gasteiger partial charge in [-0.3, -0.25) is 4.90 Å². The molecule has 6 heteroatoms. The molecule has 0 radical (unpaired) electrons. The lowest BCUT2D eigenvalue weighted by molar-refractivity contribution is -0.0255. The number of alkyl halides is 3. The Kier molecular flexibility index (Phi) is 5.87. The van der Waals surface area contributed by atoms with Gasteiger partial charge in [0.25, 0.3) is 6.43 Å². The molecule has 1 aromatic rings. The summed E-state index contributed by atoms with van der Waals surface area (Å²) in [6.45, 7) is 4.50. The summed E-state index contributed by atoms with van der Waals surface area (Å²) in [5, 5.41) is 9.02. The minimum atomic E-state index is -2.66.